The number of carbonyl (C=O) groups is 1. The first-order chi connectivity index (χ1) is 7.34. The van der Waals surface area contributed by atoms with Gasteiger partial charge in [-0.3, -0.25) is 0 Å². The van der Waals surface area contributed by atoms with Gasteiger partial charge in [0, 0.05) is 11.8 Å². The second kappa shape index (κ2) is 4.51. The van der Waals surface area contributed by atoms with Crippen molar-refractivity contribution in [2.75, 3.05) is 0 Å². The monoisotopic (exact) mass is 223 g/mol. The number of nitrogens with zero attached hydrogens (tertiary/aromatic N) is 1. The molecule has 1 rings (SSSR count). The van der Waals surface area contributed by atoms with Crippen LogP contribution in [0.15, 0.2) is 12.1 Å². The maximum Gasteiger partial charge on any atom is 0.335 e. The average molecular weight is 223 g/mol. The van der Waals surface area contributed by atoms with Gasteiger partial charge in [0.25, 0.3) is 0 Å². The lowest BCUT2D eigenvalue weighted by molar-refractivity contribution is 0.0691. The Bertz CT molecular complexity index is 399. The highest BCUT2D eigenvalue weighted by Crippen LogP contribution is 2.20. The third-order valence-electron chi connectivity index (χ3n) is 2.41. The van der Waals surface area contributed by atoms with E-state index in [1.165, 1.54) is 12.1 Å². The van der Waals surface area contributed by atoms with Crippen molar-refractivity contribution in [3.05, 3.63) is 23.4 Å². The number of aryl methyl sites for hydroxylation is 1. The quantitative estimate of drug-likeness (QED) is 0.852. The highest BCUT2D eigenvalue weighted by Gasteiger charge is 2.18. The molecule has 0 spiro atoms. The molecule has 16 heavy (non-hydrogen) atoms. The Balaban J connectivity index is 3.01. The van der Waals surface area contributed by atoms with Gasteiger partial charge in [0.2, 0.25) is 5.88 Å². The molecule has 0 fully saturated rings. The third kappa shape index (κ3) is 3.22. The van der Waals surface area contributed by atoms with Gasteiger partial charge in [0.15, 0.2) is 0 Å². The lowest BCUT2D eigenvalue weighted by Crippen LogP contribution is -2.27. The van der Waals surface area contributed by atoms with Crippen LogP contribution in [0.5, 0.6) is 5.88 Å². The molecule has 0 saturated heterocycles. The van der Waals surface area contributed by atoms with Gasteiger partial charge in [-0.15, -0.1) is 0 Å². The number of aromatic nitrogens is 1. The molecule has 1 heterocycles. The molecule has 0 aliphatic carbocycles. The highest BCUT2D eigenvalue weighted by molar-refractivity contribution is 5.88. The number of carboxylic acid groups (broad SMARTS) is 1. The largest absolute Gasteiger partial charge is 0.478 e. The summed E-state index contributed by atoms with van der Waals surface area (Å²) in [7, 11) is 0. The van der Waals surface area contributed by atoms with Crippen molar-refractivity contribution in [2.45, 2.75) is 39.7 Å². The Hall–Kier alpha value is -1.58. The molecule has 0 amide bonds. The van der Waals surface area contributed by atoms with Crippen molar-refractivity contribution in [1.82, 2.24) is 4.98 Å². The smallest absolute Gasteiger partial charge is 0.335 e. The molecule has 0 radical (unpaired) electrons. The Morgan fingerprint density at radius 2 is 2.12 bits per heavy atom. The zero-order valence-electron chi connectivity index (χ0n) is 10.1. The SMILES string of the molecule is CCC(C)(C)Oc1cc(C(=O)O)cc(C)n1. The summed E-state index contributed by atoms with van der Waals surface area (Å²) in [6, 6.07) is 2.97. The maximum absolute atomic E-state index is 10.9. The van der Waals surface area contributed by atoms with Gasteiger partial charge in [-0.05, 0) is 33.3 Å². The fourth-order valence-corrected chi connectivity index (χ4v) is 1.17. The minimum atomic E-state index is -0.968. The molecule has 1 aromatic rings. The molecule has 0 bridgehead atoms. The van der Waals surface area contributed by atoms with E-state index in [0.29, 0.717) is 11.6 Å². The average Bonchev–Trinajstić information content (AvgIpc) is 2.16. The van der Waals surface area contributed by atoms with Gasteiger partial charge < -0.3 is 9.84 Å². The summed E-state index contributed by atoms with van der Waals surface area (Å²) in [6.07, 6.45) is 0.824. The zero-order chi connectivity index (χ0) is 12.3. The van der Waals surface area contributed by atoms with E-state index in [1.807, 2.05) is 20.8 Å². The van der Waals surface area contributed by atoms with E-state index in [4.69, 9.17) is 9.84 Å². The van der Waals surface area contributed by atoms with Gasteiger partial charge in [-0.25, -0.2) is 9.78 Å². The van der Waals surface area contributed by atoms with Crippen LogP contribution in [0.25, 0.3) is 0 Å². The Labute approximate surface area is 95.3 Å². The fourth-order valence-electron chi connectivity index (χ4n) is 1.17. The molecule has 0 unspecified atom stereocenters. The van der Waals surface area contributed by atoms with E-state index < -0.39 is 5.97 Å². The predicted molar refractivity (Wildman–Crippen MR) is 60.9 cm³/mol. The number of carboxylic acids is 1. The predicted octanol–water partition coefficient (Wildman–Crippen LogP) is 2.66. The number of hydrogen-bond acceptors (Lipinski definition) is 3. The van der Waals surface area contributed by atoms with E-state index in [1.54, 1.807) is 6.92 Å². The standard InChI is InChI=1S/C12H17NO3/c1-5-12(3,4)16-10-7-9(11(14)15)6-8(2)13-10/h6-7H,5H2,1-4H3,(H,14,15). The molecule has 0 aliphatic heterocycles. The topological polar surface area (TPSA) is 59.4 Å². The number of rotatable bonds is 4. The molecule has 0 atom stereocenters. The summed E-state index contributed by atoms with van der Waals surface area (Å²) in [5, 5.41) is 8.91. The molecule has 1 N–H and O–H groups in total. The molecule has 4 heteroatoms. The van der Waals surface area contributed by atoms with E-state index in [9.17, 15) is 4.79 Å². The van der Waals surface area contributed by atoms with Crippen LogP contribution in [0.1, 0.15) is 43.2 Å². The van der Waals surface area contributed by atoms with Crippen LogP contribution in [-0.2, 0) is 0 Å². The van der Waals surface area contributed by atoms with Crippen LogP contribution < -0.4 is 4.74 Å². The molecule has 4 nitrogen and oxygen atoms in total. The summed E-state index contributed by atoms with van der Waals surface area (Å²) in [6.45, 7) is 7.64. The lowest BCUT2D eigenvalue weighted by atomic mass is 10.1. The van der Waals surface area contributed by atoms with Crippen LogP contribution in [0, 0.1) is 6.92 Å². The molecule has 0 aromatic carbocycles. The highest BCUT2D eigenvalue weighted by atomic mass is 16.5. The lowest BCUT2D eigenvalue weighted by Gasteiger charge is -2.24. The first-order valence-corrected chi connectivity index (χ1v) is 5.25. The molecule has 0 saturated carbocycles. The summed E-state index contributed by atoms with van der Waals surface area (Å²) in [5.41, 5.74) is 0.507. The second-order valence-corrected chi connectivity index (χ2v) is 4.36. The van der Waals surface area contributed by atoms with Crippen molar-refractivity contribution < 1.29 is 14.6 Å². The van der Waals surface area contributed by atoms with E-state index >= 15 is 0 Å². The third-order valence-corrected chi connectivity index (χ3v) is 2.41. The Morgan fingerprint density at radius 1 is 1.50 bits per heavy atom. The van der Waals surface area contributed by atoms with Crippen molar-refractivity contribution in [2.24, 2.45) is 0 Å². The van der Waals surface area contributed by atoms with Crippen LogP contribution in [0.2, 0.25) is 0 Å². The van der Waals surface area contributed by atoms with Gasteiger partial charge in [-0.2, -0.15) is 0 Å². The first-order valence-electron chi connectivity index (χ1n) is 5.25. The van der Waals surface area contributed by atoms with Gasteiger partial charge in [-0.1, -0.05) is 6.92 Å². The zero-order valence-corrected chi connectivity index (χ0v) is 10.1. The summed E-state index contributed by atoms with van der Waals surface area (Å²) >= 11 is 0. The Morgan fingerprint density at radius 3 is 2.62 bits per heavy atom. The molecule has 0 aliphatic rings. The minimum absolute atomic E-state index is 0.203. The number of pyridine rings is 1. The van der Waals surface area contributed by atoms with Crippen LogP contribution in [-0.4, -0.2) is 21.7 Å². The van der Waals surface area contributed by atoms with Gasteiger partial charge in [0.05, 0.1) is 5.56 Å². The van der Waals surface area contributed by atoms with Crippen molar-refractivity contribution in [3.63, 3.8) is 0 Å². The number of ether oxygens (including phenoxy) is 1. The van der Waals surface area contributed by atoms with Gasteiger partial charge >= 0.3 is 5.97 Å². The molecule has 1 aromatic heterocycles. The van der Waals surface area contributed by atoms with E-state index in [0.717, 1.165) is 6.42 Å². The van der Waals surface area contributed by atoms with Crippen molar-refractivity contribution in [1.29, 1.82) is 0 Å². The number of hydrogen-bond donors (Lipinski definition) is 1. The summed E-state index contributed by atoms with van der Waals surface area (Å²) in [4.78, 5) is 15.0. The molecule has 88 valence electrons. The van der Waals surface area contributed by atoms with Crippen LogP contribution in [0.3, 0.4) is 0 Å². The summed E-state index contributed by atoms with van der Waals surface area (Å²) in [5.74, 6) is -0.603. The summed E-state index contributed by atoms with van der Waals surface area (Å²) < 4.78 is 5.65. The van der Waals surface area contributed by atoms with Crippen LogP contribution in [0.4, 0.5) is 0 Å². The van der Waals surface area contributed by atoms with Crippen LogP contribution >= 0.6 is 0 Å². The first kappa shape index (κ1) is 12.5. The van der Waals surface area contributed by atoms with E-state index in [-0.39, 0.29) is 11.2 Å². The van der Waals surface area contributed by atoms with Crippen molar-refractivity contribution in [3.8, 4) is 5.88 Å². The van der Waals surface area contributed by atoms with Crippen molar-refractivity contribution >= 4 is 5.97 Å². The minimum Gasteiger partial charge on any atom is -0.478 e. The molecular formula is C12H17NO3. The fraction of sp³-hybridized carbons (Fsp3) is 0.500. The van der Waals surface area contributed by atoms with Gasteiger partial charge in [0.1, 0.15) is 5.60 Å². The molecular weight excluding hydrogens is 206 g/mol. The number of aromatic carboxylic acids is 1. The maximum atomic E-state index is 10.9. The second-order valence-electron chi connectivity index (χ2n) is 4.36. The Kier molecular flexibility index (Phi) is 3.52. The van der Waals surface area contributed by atoms with E-state index in [2.05, 4.69) is 4.98 Å². The normalized spacial score (nSPS) is 11.2.